The van der Waals surface area contributed by atoms with Gasteiger partial charge in [-0.05, 0) is 74.1 Å². The maximum Gasteiger partial charge on any atom is 0.264 e. The first-order valence-electron chi connectivity index (χ1n) is 11.0. The van der Waals surface area contributed by atoms with Crippen molar-refractivity contribution in [2.24, 2.45) is 5.92 Å². The Morgan fingerprint density at radius 1 is 1.09 bits per heavy atom. The first-order chi connectivity index (χ1) is 15.4. The molecule has 4 rings (SSSR count). The van der Waals surface area contributed by atoms with Gasteiger partial charge in [0.15, 0.2) is 0 Å². The van der Waals surface area contributed by atoms with Crippen molar-refractivity contribution in [3.63, 3.8) is 0 Å². The van der Waals surface area contributed by atoms with Gasteiger partial charge in [0.25, 0.3) is 10.0 Å². The van der Waals surface area contributed by atoms with Crippen LogP contribution in [0.4, 0.5) is 17.1 Å². The minimum Gasteiger partial charge on any atom is -0.497 e. The molecule has 1 heterocycles. The highest BCUT2D eigenvalue weighted by Crippen LogP contribution is 2.33. The number of amides is 1. The molecule has 0 saturated carbocycles. The molecule has 1 saturated heterocycles. The van der Waals surface area contributed by atoms with Crippen molar-refractivity contribution >= 4 is 33.0 Å². The fourth-order valence-electron chi connectivity index (χ4n) is 4.21. The Balaban J connectivity index is 1.59. The lowest BCUT2D eigenvalue weighted by atomic mass is 10.1. The van der Waals surface area contributed by atoms with E-state index in [9.17, 15) is 13.2 Å². The van der Waals surface area contributed by atoms with Gasteiger partial charge in [0.05, 0.1) is 12.8 Å². The fourth-order valence-corrected chi connectivity index (χ4v) is 5.52. The van der Waals surface area contributed by atoms with Crippen molar-refractivity contribution in [3.8, 4) is 5.75 Å². The normalized spacial score (nSPS) is 18.0. The minimum atomic E-state index is -3.88. The SMILES string of the molecule is COc1ccc(NS(=O)(=O)c2cc(NC(=O)C[C@H]3C=CCC3)ccc2N2CCCC2)cc1. The summed E-state index contributed by atoms with van der Waals surface area (Å²) in [5.74, 6) is 0.785. The van der Waals surface area contributed by atoms with Crippen molar-refractivity contribution in [1.82, 2.24) is 0 Å². The average Bonchev–Trinajstić information content (AvgIpc) is 3.48. The number of nitrogens with one attached hydrogen (secondary N) is 2. The summed E-state index contributed by atoms with van der Waals surface area (Å²) in [6.45, 7) is 1.62. The van der Waals surface area contributed by atoms with Gasteiger partial charge in [-0.1, -0.05) is 12.2 Å². The predicted octanol–water partition coefficient (Wildman–Crippen LogP) is 4.39. The molecule has 0 bridgehead atoms. The lowest BCUT2D eigenvalue weighted by molar-refractivity contribution is -0.116. The van der Waals surface area contributed by atoms with Gasteiger partial charge in [0.1, 0.15) is 10.6 Å². The predicted molar refractivity (Wildman–Crippen MR) is 127 cm³/mol. The third kappa shape index (κ3) is 5.24. The minimum absolute atomic E-state index is 0.109. The van der Waals surface area contributed by atoms with Gasteiger partial charge in [0, 0.05) is 30.9 Å². The highest BCUT2D eigenvalue weighted by Gasteiger charge is 2.25. The summed E-state index contributed by atoms with van der Waals surface area (Å²) in [5, 5.41) is 2.88. The summed E-state index contributed by atoms with van der Waals surface area (Å²) in [6, 6.07) is 11.9. The molecule has 170 valence electrons. The molecule has 0 aromatic heterocycles. The number of anilines is 3. The first-order valence-corrected chi connectivity index (χ1v) is 12.5. The zero-order valence-electron chi connectivity index (χ0n) is 18.2. The van der Waals surface area contributed by atoms with Crippen LogP contribution in [-0.4, -0.2) is 34.5 Å². The Morgan fingerprint density at radius 3 is 2.47 bits per heavy atom. The van der Waals surface area contributed by atoms with Crippen molar-refractivity contribution < 1.29 is 17.9 Å². The monoisotopic (exact) mass is 455 g/mol. The van der Waals surface area contributed by atoms with E-state index in [1.54, 1.807) is 49.6 Å². The Morgan fingerprint density at radius 2 is 1.81 bits per heavy atom. The fraction of sp³-hybridized carbons (Fsp3) is 0.375. The van der Waals surface area contributed by atoms with Gasteiger partial charge >= 0.3 is 0 Å². The maximum absolute atomic E-state index is 13.4. The summed E-state index contributed by atoms with van der Waals surface area (Å²) in [6.07, 6.45) is 8.60. The van der Waals surface area contributed by atoms with Crippen LogP contribution in [0.2, 0.25) is 0 Å². The number of nitrogens with zero attached hydrogens (tertiary/aromatic N) is 1. The standard InChI is InChI=1S/C24H29N3O4S/c1-31-21-11-8-19(9-12-21)26-32(29,30)23-17-20(10-13-22(23)27-14-4-5-15-27)25-24(28)16-18-6-2-3-7-18/h2,6,8-13,17-18,26H,3-5,7,14-16H2,1H3,(H,25,28)/t18-/m0/s1. The Kier molecular flexibility index (Phi) is 6.69. The Labute approximate surface area is 189 Å². The van der Waals surface area contributed by atoms with Crippen LogP contribution in [0.1, 0.15) is 32.1 Å². The van der Waals surface area contributed by atoms with E-state index in [4.69, 9.17) is 4.74 Å². The molecule has 2 aromatic carbocycles. The number of sulfonamides is 1. The third-order valence-electron chi connectivity index (χ3n) is 5.88. The number of ether oxygens (including phenoxy) is 1. The molecule has 2 aliphatic rings. The second kappa shape index (κ2) is 9.65. The molecule has 8 heteroatoms. The molecule has 1 atom stereocenters. The average molecular weight is 456 g/mol. The molecule has 1 aliphatic carbocycles. The number of benzene rings is 2. The van der Waals surface area contributed by atoms with Gasteiger partial charge in [-0.25, -0.2) is 8.42 Å². The molecule has 2 aromatic rings. The molecule has 0 radical (unpaired) electrons. The van der Waals surface area contributed by atoms with Crippen LogP contribution in [0.3, 0.4) is 0 Å². The zero-order chi connectivity index (χ0) is 22.6. The third-order valence-corrected chi connectivity index (χ3v) is 7.29. The highest BCUT2D eigenvalue weighted by molar-refractivity contribution is 7.92. The topological polar surface area (TPSA) is 87.7 Å². The molecule has 2 N–H and O–H groups in total. The molecule has 0 spiro atoms. The van der Waals surface area contributed by atoms with E-state index in [1.165, 1.54) is 0 Å². The summed E-state index contributed by atoms with van der Waals surface area (Å²) in [4.78, 5) is 14.7. The van der Waals surface area contributed by atoms with Gasteiger partial charge in [-0.2, -0.15) is 0 Å². The van der Waals surface area contributed by atoms with Crippen LogP contribution in [0.5, 0.6) is 5.75 Å². The number of carbonyl (C=O) groups excluding carboxylic acids is 1. The van der Waals surface area contributed by atoms with E-state index in [1.807, 2.05) is 0 Å². The number of rotatable bonds is 8. The van der Waals surface area contributed by atoms with Crippen LogP contribution >= 0.6 is 0 Å². The Hall–Kier alpha value is -3.00. The number of allylic oxidation sites excluding steroid dienone is 2. The highest BCUT2D eigenvalue weighted by atomic mass is 32.2. The number of methoxy groups -OCH3 is 1. The second-order valence-electron chi connectivity index (χ2n) is 8.23. The van der Waals surface area contributed by atoms with Gasteiger partial charge < -0.3 is 15.0 Å². The van der Waals surface area contributed by atoms with Gasteiger partial charge in [0.2, 0.25) is 5.91 Å². The number of hydrogen-bond donors (Lipinski definition) is 2. The molecule has 7 nitrogen and oxygen atoms in total. The van der Waals surface area contributed by atoms with E-state index < -0.39 is 10.0 Å². The van der Waals surface area contributed by atoms with Crippen molar-refractivity contribution in [2.75, 3.05) is 35.1 Å². The lowest BCUT2D eigenvalue weighted by Gasteiger charge is -2.22. The van der Waals surface area contributed by atoms with Crippen LogP contribution in [0, 0.1) is 5.92 Å². The second-order valence-corrected chi connectivity index (χ2v) is 9.88. The first kappa shape index (κ1) is 22.2. The molecule has 1 fully saturated rings. The van der Waals surface area contributed by atoms with Gasteiger partial charge in [-0.3, -0.25) is 9.52 Å². The van der Waals surface area contributed by atoms with E-state index in [-0.39, 0.29) is 16.7 Å². The van der Waals surface area contributed by atoms with Crippen molar-refractivity contribution in [2.45, 2.75) is 37.0 Å². The summed E-state index contributed by atoms with van der Waals surface area (Å²) >= 11 is 0. The lowest BCUT2D eigenvalue weighted by Crippen LogP contribution is -2.23. The smallest absolute Gasteiger partial charge is 0.264 e. The molecular formula is C24H29N3O4S. The number of hydrogen-bond acceptors (Lipinski definition) is 5. The quantitative estimate of drug-likeness (QED) is 0.577. The molecule has 0 unspecified atom stereocenters. The number of carbonyl (C=O) groups is 1. The van der Waals surface area contributed by atoms with E-state index in [2.05, 4.69) is 27.1 Å². The Bertz CT molecular complexity index is 1090. The van der Waals surface area contributed by atoms with Crippen LogP contribution < -0.4 is 19.7 Å². The van der Waals surface area contributed by atoms with Crippen molar-refractivity contribution in [3.05, 3.63) is 54.6 Å². The summed E-state index contributed by atoms with van der Waals surface area (Å²) < 4.78 is 34.5. The molecule has 1 aliphatic heterocycles. The van der Waals surface area contributed by atoms with E-state index in [0.717, 1.165) is 38.8 Å². The molecule has 32 heavy (non-hydrogen) atoms. The van der Waals surface area contributed by atoms with E-state index in [0.29, 0.717) is 29.2 Å². The molecule has 1 amide bonds. The molecular weight excluding hydrogens is 426 g/mol. The summed E-state index contributed by atoms with van der Waals surface area (Å²) in [5.41, 5.74) is 1.58. The van der Waals surface area contributed by atoms with E-state index >= 15 is 0 Å². The largest absolute Gasteiger partial charge is 0.497 e. The van der Waals surface area contributed by atoms with Gasteiger partial charge in [-0.15, -0.1) is 0 Å². The maximum atomic E-state index is 13.4. The van der Waals surface area contributed by atoms with Crippen LogP contribution in [0.25, 0.3) is 0 Å². The van der Waals surface area contributed by atoms with Crippen molar-refractivity contribution in [1.29, 1.82) is 0 Å². The zero-order valence-corrected chi connectivity index (χ0v) is 19.0. The van der Waals surface area contributed by atoms with Crippen LogP contribution in [0.15, 0.2) is 59.5 Å². The summed E-state index contributed by atoms with van der Waals surface area (Å²) in [7, 11) is -2.32. The van der Waals surface area contributed by atoms with Crippen LogP contribution in [-0.2, 0) is 14.8 Å².